The van der Waals surface area contributed by atoms with E-state index in [0.717, 1.165) is 38.6 Å². The lowest BCUT2D eigenvalue weighted by atomic mass is 10.1. The van der Waals surface area contributed by atoms with E-state index in [4.69, 9.17) is 12.8 Å². The highest BCUT2D eigenvalue weighted by Gasteiger charge is 2.09. The van der Waals surface area contributed by atoms with Crippen LogP contribution in [0.4, 0.5) is 0 Å². The average Bonchev–Trinajstić information content (AvgIpc) is 2.37. The third-order valence-corrected chi connectivity index (χ3v) is 2.56. The number of hydrogen-bond acceptors (Lipinski definition) is 1. The smallest absolute Gasteiger partial charge is 0.223 e. The van der Waals surface area contributed by atoms with E-state index in [1.165, 1.54) is 0 Å². The SMILES string of the molecule is C#CC#CCC(C)C(=O)NCCCCCCC#C. The van der Waals surface area contributed by atoms with E-state index in [0.29, 0.717) is 6.42 Å². The fraction of sp³-hybridized carbons (Fsp3) is 0.562. The van der Waals surface area contributed by atoms with Gasteiger partial charge in [0, 0.05) is 25.3 Å². The van der Waals surface area contributed by atoms with Crippen molar-refractivity contribution in [1.82, 2.24) is 5.32 Å². The molecule has 0 aliphatic heterocycles. The molecule has 0 bridgehead atoms. The number of unbranched alkanes of at least 4 members (excludes halogenated alkanes) is 4. The molecule has 0 fully saturated rings. The van der Waals surface area contributed by atoms with Crippen LogP contribution in [-0.4, -0.2) is 12.5 Å². The molecule has 2 nitrogen and oxygen atoms in total. The van der Waals surface area contributed by atoms with Crippen molar-refractivity contribution >= 4 is 5.91 Å². The molecule has 1 N–H and O–H groups in total. The summed E-state index contributed by atoms with van der Waals surface area (Å²) in [4.78, 5) is 11.6. The van der Waals surface area contributed by atoms with Crippen LogP contribution in [0.1, 0.15) is 45.4 Å². The van der Waals surface area contributed by atoms with Gasteiger partial charge in [0.1, 0.15) is 0 Å². The standard InChI is InChI=1S/C16H21NO/c1-4-6-8-9-10-12-14-17-16(18)15(3)13-11-7-5-2/h1-2,15H,6,8-10,12-14H2,3H3,(H,17,18). The van der Waals surface area contributed by atoms with E-state index in [1.54, 1.807) is 0 Å². The summed E-state index contributed by atoms with van der Waals surface area (Å²) < 4.78 is 0. The minimum Gasteiger partial charge on any atom is -0.356 e. The lowest BCUT2D eigenvalue weighted by molar-refractivity contribution is -0.124. The summed E-state index contributed by atoms with van der Waals surface area (Å²) in [6, 6.07) is 0. The van der Waals surface area contributed by atoms with Gasteiger partial charge in [-0.1, -0.05) is 25.7 Å². The Bertz CT molecular complexity index is 373. The van der Waals surface area contributed by atoms with Crippen molar-refractivity contribution < 1.29 is 4.79 Å². The highest BCUT2D eigenvalue weighted by molar-refractivity contribution is 5.78. The molecule has 0 aromatic heterocycles. The Morgan fingerprint density at radius 1 is 1.22 bits per heavy atom. The first-order chi connectivity index (χ1) is 8.72. The summed E-state index contributed by atoms with van der Waals surface area (Å²) in [5, 5.41) is 2.90. The lowest BCUT2D eigenvalue weighted by Gasteiger charge is -2.09. The molecule has 0 radical (unpaired) electrons. The van der Waals surface area contributed by atoms with Crippen molar-refractivity contribution in [3.63, 3.8) is 0 Å². The predicted octanol–water partition coefficient (Wildman–Crippen LogP) is 2.35. The third kappa shape index (κ3) is 9.38. The second-order valence-corrected chi connectivity index (χ2v) is 4.21. The fourth-order valence-corrected chi connectivity index (χ4v) is 1.44. The van der Waals surface area contributed by atoms with Gasteiger partial charge in [0.15, 0.2) is 0 Å². The van der Waals surface area contributed by atoms with Gasteiger partial charge in [-0.3, -0.25) is 4.79 Å². The molecule has 0 aromatic rings. The predicted molar refractivity (Wildman–Crippen MR) is 75.3 cm³/mol. The Kier molecular flexibility index (Phi) is 10.4. The molecule has 0 saturated heterocycles. The van der Waals surface area contributed by atoms with Crippen molar-refractivity contribution in [2.24, 2.45) is 5.92 Å². The van der Waals surface area contributed by atoms with E-state index in [-0.39, 0.29) is 11.8 Å². The number of carbonyl (C=O) groups excluding carboxylic acids is 1. The molecule has 0 aliphatic rings. The molecule has 1 unspecified atom stereocenters. The van der Waals surface area contributed by atoms with Crippen LogP contribution in [0.5, 0.6) is 0 Å². The summed E-state index contributed by atoms with van der Waals surface area (Å²) >= 11 is 0. The van der Waals surface area contributed by atoms with E-state index in [2.05, 4.69) is 29.0 Å². The van der Waals surface area contributed by atoms with Gasteiger partial charge in [-0.05, 0) is 24.7 Å². The van der Waals surface area contributed by atoms with Crippen LogP contribution in [0, 0.1) is 42.4 Å². The topological polar surface area (TPSA) is 29.1 Å². The second kappa shape index (κ2) is 11.6. The summed E-state index contributed by atoms with van der Waals surface area (Å²) in [6.45, 7) is 2.58. The van der Waals surface area contributed by atoms with Crippen molar-refractivity contribution in [1.29, 1.82) is 0 Å². The van der Waals surface area contributed by atoms with Crippen LogP contribution in [0.2, 0.25) is 0 Å². The molecule has 1 amide bonds. The Labute approximate surface area is 111 Å². The maximum atomic E-state index is 11.6. The van der Waals surface area contributed by atoms with Crippen molar-refractivity contribution in [2.75, 3.05) is 6.54 Å². The molecule has 0 spiro atoms. The van der Waals surface area contributed by atoms with E-state index in [9.17, 15) is 4.79 Å². The van der Waals surface area contributed by atoms with Gasteiger partial charge < -0.3 is 5.32 Å². The molecular formula is C16H21NO. The Morgan fingerprint density at radius 2 is 1.94 bits per heavy atom. The summed E-state index contributed by atoms with van der Waals surface area (Å²) in [5.41, 5.74) is 0. The van der Waals surface area contributed by atoms with Crippen molar-refractivity contribution in [3.8, 4) is 36.5 Å². The lowest BCUT2D eigenvalue weighted by Crippen LogP contribution is -2.29. The van der Waals surface area contributed by atoms with E-state index >= 15 is 0 Å². The zero-order chi connectivity index (χ0) is 13.6. The second-order valence-electron chi connectivity index (χ2n) is 4.21. The van der Waals surface area contributed by atoms with Crippen LogP contribution in [0.25, 0.3) is 0 Å². The van der Waals surface area contributed by atoms with Gasteiger partial charge in [0.25, 0.3) is 0 Å². The van der Waals surface area contributed by atoms with Crippen molar-refractivity contribution in [2.45, 2.75) is 45.4 Å². The summed E-state index contributed by atoms with van der Waals surface area (Å²) in [7, 11) is 0. The van der Waals surface area contributed by atoms with Gasteiger partial charge in [0.2, 0.25) is 5.91 Å². The minimum absolute atomic E-state index is 0.0462. The normalized spacial score (nSPS) is 10.4. The number of carbonyl (C=O) groups is 1. The van der Waals surface area contributed by atoms with Gasteiger partial charge in [-0.15, -0.1) is 18.8 Å². The zero-order valence-electron chi connectivity index (χ0n) is 11.1. The first-order valence-corrected chi connectivity index (χ1v) is 6.37. The van der Waals surface area contributed by atoms with Crippen molar-refractivity contribution in [3.05, 3.63) is 0 Å². The van der Waals surface area contributed by atoms with Gasteiger partial charge >= 0.3 is 0 Å². The molecule has 0 aromatic carbocycles. The maximum Gasteiger partial charge on any atom is 0.223 e. The van der Waals surface area contributed by atoms with Gasteiger partial charge in [-0.25, -0.2) is 0 Å². The van der Waals surface area contributed by atoms with Gasteiger partial charge in [-0.2, -0.15) is 0 Å². The molecule has 18 heavy (non-hydrogen) atoms. The molecule has 0 aliphatic carbocycles. The largest absolute Gasteiger partial charge is 0.356 e. The van der Waals surface area contributed by atoms with E-state index in [1.807, 2.05) is 6.92 Å². The Morgan fingerprint density at radius 3 is 2.61 bits per heavy atom. The highest BCUT2D eigenvalue weighted by Crippen LogP contribution is 2.03. The summed E-state index contributed by atoms with van der Waals surface area (Å²) in [6.07, 6.45) is 15.8. The fourth-order valence-electron chi connectivity index (χ4n) is 1.44. The van der Waals surface area contributed by atoms with Crippen LogP contribution in [-0.2, 0) is 4.79 Å². The molecule has 96 valence electrons. The average molecular weight is 243 g/mol. The monoisotopic (exact) mass is 243 g/mol. The van der Waals surface area contributed by atoms with Gasteiger partial charge in [0.05, 0.1) is 0 Å². The van der Waals surface area contributed by atoms with Crippen LogP contribution >= 0.6 is 0 Å². The zero-order valence-corrected chi connectivity index (χ0v) is 11.1. The molecule has 0 heterocycles. The number of nitrogens with one attached hydrogen (secondary N) is 1. The maximum absolute atomic E-state index is 11.6. The number of rotatable bonds is 8. The first-order valence-electron chi connectivity index (χ1n) is 6.37. The molecule has 0 saturated carbocycles. The minimum atomic E-state index is -0.104. The molecule has 1 atom stereocenters. The van der Waals surface area contributed by atoms with Crippen LogP contribution < -0.4 is 5.32 Å². The third-order valence-electron chi connectivity index (χ3n) is 2.56. The Balaban J connectivity index is 3.53. The van der Waals surface area contributed by atoms with E-state index < -0.39 is 0 Å². The van der Waals surface area contributed by atoms with Crippen LogP contribution in [0.15, 0.2) is 0 Å². The molecular weight excluding hydrogens is 222 g/mol. The summed E-state index contributed by atoms with van der Waals surface area (Å²) in [5.74, 6) is 10.1. The quantitative estimate of drug-likeness (QED) is 0.514. The number of amides is 1. The Hall–Kier alpha value is -1.85. The highest BCUT2D eigenvalue weighted by atomic mass is 16.1. The first kappa shape index (κ1) is 16.1. The molecule has 2 heteroatoms. The molecule has 0 rings (SSSR count). The number of terminal acetylenes is 2. The number of hydrogen-bond donors (Lipinski definition) is 1. The van der Waals surface area contributed by atoms with Crippen LogP contribution in [0.3, 0.4) is 0 Å².